The van der Waals surface area contributed by atoms with Gasteiger partial charge in [-0.2, -0.15) is 5.26 Å². The second-order valence-electron chi connectivity index (χ2n) is 8.93. The van der Waals surface area contributed by atoms with Crippen molar-refractivity contribution in [2.45, 2.75) is 76.2 Å². The van der Waals surface area contributed by atoms with Gasteiger partial charge in [0.25, 0.3) is 0 Å². The molecule has 2 aliphatic carbocycles. The molecule has 0 bridgehead atoms. The van der Waals surface area contributed by atoms with E-state index < -0.39 is 11.0 Å². The number of hydrogen-bond donors (Lipinski definition) is 2. The first-order valence-corrected chi connectivity index (χ1v) is 10.6. The van der Waals surface area contributed by atoms with Crippen LogP contribution in [-0.2, 0) is 9.59 Å². The fraction of sp³-hybridized carbons (Fsp3) is 0.810. The highest BCUT2D eigenvalue weighted by molar-refractivity contribution is 5.88. The van der Waals surface area contributed by atoms with E-state index in [0.717, 1.165) is 51.1 Å². The average Bonchev–Trinajstić information content (AvgIpc) is 3.32. The SMILES string of the molecule is N#CC1(NC(=O)[CH]CC2(C(N)=O)CCCCC2)CCN(CC2CCCC2)C1. The van der Waals surface area contributed by atoms with Crippen molar-refractivity contribution in [3.8, 4) is 6.07 Å². The molecule has 3 fully saturated rings. The number of primary amides is 1. The van der Waals surface area contributed by atoms with Crippen molar-refractivity contribution >= 4 is 11.8 Å². The lowest BCUT2D eigenvalue weighted by molar-refractivity contribution is -0.129. The van der Waals surface area contributed by atoms with E-state index in [4.69, 9.17) is 5.73 Å². The Hall–Kier alpha value is -1.61. The highest BCUT2D eigenvalue weighted by Gasteiger charge is 2.42. The van der Waals surface area contributed by atoms with E-state index in [0.29, 0.717) is 19.4 Å². The Morgan fingerprint density at radius 2 is 1.85 bits per heavy atom. The van der Waals surface area contributed by atoms with Gasteiger partial charge in [-0.3, -0.25) is 14.5 Å². The minimum atomic E-state index is -0.807. The molecule has 1 radical (unpaired) electrons. The number of likely N-dealkylation sites (tertiary alicyclic amines) is 1. The summed E-state index contributed by atoms with van der Waals surface area (Å²) in [6.07, 6.45) is 12.4. The first kappa shape index (κ1) is 20.1. The van der Waals surface area contributed by atoms with Crippen LogP contribution in [0.1, 0.15) is 70.6 Å². The maximum atomic E-state index is 12.5. The number of hydrogen-bond acceptors (Lipinski definition) is 4. The summed E-state index contributed by atoms with van der Waals surface area (Å²) in [7, 11) is 0. The average molecular weight is 374 g/mol. The minimum Gasteiger partial charge on any atom is -0.369 e. The number of nitrogens with zero attached hydrogens (tertiary/aromatic N) is 2. The van der Waals surface area contributed by atoms with E-state index in [2.05, 4.69) is 16.3 Å². The lowest BCUT2D eigenvalue weighted by Gasteiger charge is -2.34. The Morgan fingerprint density at radius 3 is 2.48 bits per heavy atom. The monoisotopic (exact) mass is 373 g/mol. The molecular formula is C21H33N4O2. The molecule has 3 rings (SSSR count). The molecule has 1 saturated heterocycles. The second-order valence-corrected chi connectivity index (χ2v) is 8.93. The summed E-state index contributed by atoms with van der Waals surface area (Å²) in [6.45, 7) is 2.49. The molecule has 6 heteroatoms. The van der Waals surface area contributed by atoms with Gasteiger partial charge in [0, 0.05) is 25.0 Å². The standard InChI is InChI=1S/C21H33N4O2/c22-15-21(12-13-25(16-21)14-17-6-2-3-7-17)24-18(26)8-11-20(19(23)27)9-4-1-5-10-20/h8,17H,1-7,9-14,16H2,(H2,23,27)(H,24,26). The number of amides is 2. The zero-order chi connectivity index (χ0) is 19.3. The smallest absolute Gasteiger partial charge is 0.225 e. The molecule has 149 valence electrons. The summed E-state index contributed by atoms with van der Waals surface area (Å²) in [5.74, 6) is 0.193. The predicted octanol–water partition coefficient (Wildman–Crippen LogP) is 2.29. The third kappa shape index (κ3) is 4.82. The van der Waals surface area contributed by atoms with Crippen molar-refractivity contribution in [3.05, 3.63) is 6.42 Å². The van der Waals surface area contributed by atoms with Gasteiger partial charge >= 0.3 is 0 Å². The van der Waals surface area contributed by atoms with E-state index >= 15 is 0 Å². The van der Waals surface area contributed by atoms with Crippen LogP contribution in [0.25, 0.3) is 0 Å². The summed E-state index contributed by atoms with van der Waals surface area (Å²) in [5.41, 5.74) is 4.26. The minimum absolute atomic E-state index is 0.245. The van der Waals surface area contributed by atoms with E-state index in [1.807, 2.05) is 0 Å². The molecule has 1 aliphatic heterocycles. The third-order valence-corrected chi connectivity index (χ3v) is 6.93. The summed E-state index contributed by atoms with van der Waals surface area (Å²) >= 11 is 0. The Balaban J connectivity index is 1.51. The van der Waals surface area contributed by atoms with Gasteiger partial charge < -0.3 is 11.1 Å². The van der Waals surface area contributed by atoms with E-state index in [1.54, 1.807) is 6.42 Å². The quantitative estimate of drug-likeness (QED) is 0.715. The molecular weight excluding hydrogens is 340 g/mol. The van der Waals surface area contributed by atoms with Crippen molar-refractivity contribution in [2.24, 2.45) is 17.1 Å². The molecule has 1 heterocycles. The number of nitrogens with one attached hydrogen (secondary N) is 1. The van der Waals surface area contributed by atoms with Crippen LogP contribution in [0, 0.1) is 29.1 Å². The van der Waals surface area contributed by atoms with Gasteiger partial charge in [0.2, 0.25) is 11.8 Å². The molecule has 0 aromatic heterocycles. The molecule has 2 amide bonds. The Morgan fingerprint density at radius 1 is 1.15 bits per heavy atom. The van der Waals surface area contributed by atoms with Crippen molar-refractivity contribution in [2.75, 3.05) is 19.6 Å². The van der Waals surface area contributed by atoms with E-state index in [1.165, 1.54) is 25.7 Å². The van der Waals surface area contributed by atoms with Crippen LogP contribution in [0.3, 0.4) is 0 Å². The molecule has 0 aromatic carbocycles. The fourth-order valence-electron chi connectivity index (χ4n) is 5.18. The van der Waals surface area contributed by atoms with Gasteiger partial charge in [0.15, 0.2) is 0 Å². The van der Waals surface area contributed by atoms with Gasteiger partial charge in [0.05, 0.1) is 12.5 Å². The number of rotatable bonds is 7. The van der Waals surface area contributed by atoms with Crippen molar-refractivity contribution in [1.82, 2.24) is 10.2 Å². The van der Waals surface area contributed by atoms with Crippen molar-refractivity contribution in [1.29, 1.82) is 5.26 Å². The van der Waals surface area contributed by atoms with Crippen LogP contribution < -0.4 is 11.1 Å². The molecule has 3 aliphatic rings. The van der Waals surface area contributed by atoms with E-state index in [9.17, 15) is 14.9 Å². The summed E-state index contributed by atoms with van der Waals surface area (Å²) in [6, 6.07) is 2.35. The highest BCUT2D eigenvalue weighted by atomic mass is 16.2. The van der Waals surface area contributed by atoms with Crippen molar-refractivity contribution in [3.63, 3.8) is 0 Å². The highest BCUT2D eigenvalue weighted by Crippen LogP contribution is 2.40. The lowest BCUT2D eigenvalue weighted by Crippen LogP contribution is -2.50. The lowest BCUT2D eigenvalue weighted by atomic mass is 9.70. The topological polar surface area (TPSA) is 99.2 Å². The van der Waals surface area contributed by atoms with Gasteiger partial charge in [-0.25, -0.2) is 0 Å². The first-order chi connectivity index (χ1) is 13.0. The number of nitrogens with two attached hydrogens (primary N) is 1. The Labute approximate surface area is 162 Å². The zero-order valence-electron chi connectivity index (χ0n) is 16.3. The second kappa shape index (κ2) is 8.60. The van der Waals surface area contributed by atoms with Crippen LogP contribution >= 0.6 is 0 Å². The van der Waals surface area contributed by atoms with Gasteiger partial charge in [-0.15, -0.1) is 0 Å². The number of nitriles is 1. The Kier molecular flexibility index (Phi) is 6.41. The summed E-state index contributed by atoms with van der Waals surface area (Å²) < 4.78 is 0. The normalized spacial score (nSPS) is 28.7. The molecule has 0 aromatic rings. The van der Waals surface area contributed by atoms with Crippen LogP contribution in [0.2, 0.25) is 0 Å². The largest absolute Gasteiger partial charge is 0.369 e. The maximum Gasteiger partial charge on any atom is 0.225 e. The van der Waals surface area contributed by atoms with Crippen LogP contribution in [-0.4, -0.2) is 41.9 Å². The van der Waals surface area contributed by atoms with Crippen molar-refractivity contribution < 1.29 is 9.59 Å². The first-order valence-electron chi connectivity index (χ1n) is 10.6. The van der Waals surface area contributed by atoms with Gasteiger partial charge in [-0.1, -0.05) is 32.1 Å². The van der Waals surface area contributed by atoms with Gasteiger partial charge in [0.1, 0.15) is 5.54 Å². The zero-order valence-corrected chi connectivity index (χ0v) is 16.3. The number of carbonyl (C=O) groups is 2. The van der Waals surface area contributed by atoms with Gasteiger partial charge in [-0.05, 0) is 44.4 Å². The molecule has 2 saturated carbocycles. The molecule has 1 atom stereocenters. The van der Waals surface area contributed by atoms with E-state index in [-0.39, 0.29) is 11.8 Å². The summed E-state index contributed by atoms with van der Waals surface area (Å²) in [4.78, 5) is 26.8. The maximum absolute atomic E-state index is 12.5. The van der Waals surface area contributed by atoms with Crippen LogP contribution in [0.15, 0.2) is 0 Å². The summed E-state index contributed by atoms with van der Waals surface area (Å²) in [5, 5.41) is 12.7. The number of carbonyl (C=O) groups excluding carboxylic acids is 2. The molecule has 27 heavy (non-hydrogen) atoms. The molecule has 3 N–H and O–H groups in total. The molecule has 0 spiro atoms. The molecule has 1 unspecified atom stereocenters. The molecule has 6 nitrogen and oxygen atoms in total. The Bertz CT molecular complexity index is 587. The fourth-order valence-corrected chi connectivity index (χ4v) is 5.18. The predicted molar refractivity (Wildman–Crippen MR) is 103 cm³/mol. The van der Waals surface area contributed by atoms with Crippen LogP contribution in [0.4, 0.5) is 0 Å². The van der Waals surface area contributed by atoms with Crippen LogP contribution in [0.5, 0.6) is 0 Å². The third-order valence-electron chi connectivity index (χ3n) is 6.93.